The van der Waals surface area contributed by atoms with Crippen LogP contribution in [0.2, 0.25) is 0 Å². The standard InChI is InChI=1S/C17H20O6.C10H16O5/c1-16(2)21-12-13(22-16)17(23-15(12)19-3)9-11(17)20-14(18)10-7-5-4-6-8-10;1-9(2)13-6-7(14-9)10(4-5(10)11)15-8(6)12-3/h4-8,11-13,15H,9H2,1-3H3;5-8,11H,4H2,1-3H3/t11-,12?,13-,15-,17-;5-,6?,7-,8-,10-/m11/s1. The molecular weight excluding hydrogens is 500 g/mol. The van der Waals surface area contributed by atoms with Gasteiger partial charge in [-0.2, -0.15) is 0 Å². The third-order valence-electron chi connectivity index (χ3n) is 7.96. The molecule has 2 spiro atoms. The van der Waals surface area contributed by atoms with Crippen molar-refractivity contribution in [2.24, 2.45) is 0 Å². The smallest absolute Gasteiger partial charge is 0.338 e. The van der Waals surface area contributed by atoms with Crippen molar-refractivity contribution >= 4 is 5.97 Å². The lowest BCUT2D eigenvalue weighted by molar-refractivity contribution is -0.236. The van der Waals surface area contributed by atoms with Crippen LogP contribution in [0, 0.1) is 0 Å². The maximum atomic E-state index is 12.2. The van der Waals surface area contributed by atoms with Crippen LogP contribution >= 0.6 is 0 Å². The van der Waals surface area contributed by atoms with E-state index in [1.54, 1.807) is 38.5 Å². The van der Waals surface area contributed by atoms with Gasteiger partial charge in [0.25, 0.3) is 0 Å². The Labute approximate surface area is 221 Å². The van der Waals surface area contributed by atoms with Gasteiger partial charge in [0.05, 0.1) is 11.7 Å². The number of carbonyl (C=O) groups is 1. The number of esters is 1. The highest BCUT2D eigenvalue weighted by atomic mass is 16.8. The first kappa shape index (κ1) is 26.5. The van der Waals surface area contributed by atoms with Crippen LogP contribution in [0.3, 0.4) is 0 Å². The number of aliphatic hydroxyl groups excluding tert-OH is 1. The van der Waals surface area contributed by atoms with Gasteiger partial charge in [-0.15, -0.1) is 0 Å². The van der Waals surface area contributed by atoms with Crippen LogP contribution in [0.15, 0.2) is 30.3 Å². The summed E-state index contributed by atoms with van der Waals surface area (Å²) in [7, 11) is 3.15. The fraction of sp³-hybridized carbons (Fsp3) is 0.741. The summed E-state index contributed by atoms with van der Waals surface area (Å²) in [6.07, 6.45) is -1.61. The Bertz CT molecular complexity index is 1060. The normalized spacial score (nSPS) is 46.4. The van der Waals surface area contributed by atoms with Crippen molar-refractivity contribution in [2.45, 2.75) is 113 Å². The molecule has 10 atom stereocenters. The number of ether oxygens (including phenoxy) is 9. The van der Waals surface area contributed by atoms with Crippen molar-refractivity contribution in [3.8, 4) is 0 Å². The van der Waals surface area contributed by atoms with Crippen LogP contribution in [-0.2, 0) is 42.6 Å². The highest BCUT2D eigenvalue weighted by molar-refractivity contribution is 5.89. The summed E-state index contributed by atoms with van der Waals surface area (Å²) in [5.41, 5.74) is -0.723. The molecular formula is C27H36O11. The molecule has 1 N–H and O–H groups in total. The van der Waals surface area contributed by atoms with E-state index in [1.807, 2.05) is 33.8 Å². The van der Waals surface area contributed by atoms with E-state index in [0.717, 1.165) is 0 Å². The van der Waals surface area contributed by atoms with Crippen molar-refractivity contribution in [3.05, 3.63) is 35.9 Å². The third kappa shape index (κ3) is 4.29. The molecule has 38 heavy (non-hydrogen) atoms. The monoisotopic (exact) mass is 536 g/mol. The Morgan fingerprint density at radius 1 is 0.789 bits per heavy atom. The molecule has 0 aromatic heterocycles. The first-order valence-electron chi connectivity index (χ1n) is 13.0. The van der Waals surface area contributed by atoms with Crippen LogP contribution in [-0.4, -0.2) is 97.3 Å². The first-order chi connectivity index (χ1) is 17.9. The van der Waals surface area contributed by atoms with Crippen molar-refractivity contribution in [1.29, 1.82) is 0 Å². The number of methoxy groups -OCH3 is 2. The summed E-state index contributed by atoms with van der Waals surface area (Å²) in [4.78, 5) is 12.2. The Hall–Kier alpha value is -1.67. The van der Waals surface area contributed by atoms with E-state index in [4.69, 9.17) is 42.6 Å². The molecule has 0 radical (unpaired) electrons. The van der Waals surface area contributed by atoms with Gasteiger partial charge in [0.2, 0.25) is 0 Å². The molecule has 210 valence electrons. The molecule has 6 aliphatic rings. The minimum atomic E-state index is -0.695. The van der Waals surface area contributed by atoms with E-state index in [2.05, 4.69) is 0 Å². The number of benzene rings is 1. The molecule has 7 rings (SSSR count). The summed E-state index contributed by atoms with van der Waals surface area (Å²) in [5, 5.41) is 9.63. The SMILES string of the molecule is CO[C@@H]1O[C@@]2(C[C@H]2O)[C@@H]2OC(C)(C)OC12.CO[C@@H]1O[C@@]2(C[C@H]2OC(=O)c2ccccc2)[C@@H]2OC(C)(C)OC12. The molecule has 1 aromatic rings. The quantitative estimate of drug-likeness (QED) is 0.568. The Morgan fingerprint density at radius 2 is 1.29 bits per heavy atom. The van der Waals surface area contributed by atoms with Gasteiger partial charge in [0.15, 0.2) is 24.2 Å². The lowest BCUT2D eigenvalue weighted by Gasteiger charge is -2.23. The number of rotatable bonds is 4. The number of aliphatic hydroxyl groups is 1. The molecule has 4 aliphatic heterocycles. The third-order valence-corrected chi connectivity index (χ3v) is 7.96. The number of fused-ring (bicyclic) bond motifs is 4. The largest absolute Gasteiger partial charge is 0.455 e. The van der Waals surface area contributed by atoms with Crippen molar-refractivity contribution in [1.82, 2.24) is 0 Å². The Morgan fingerprint density at radius 3 is 1.79 bits per heavy atom. The van der Waals surface area contributed by atoms with Crippen molar-refractivity contribution < 1.29 is 52.5 Å². The van der Waals surface area contributed by atoms with Gasteiger partial charge < -0.3 is 47.7 Å². The fourth-order valence-electron chi connectivity index (χ4n) is 6.04. The topological polar surface area (TPSA) is 120 Å². The zero-order valence-electron chi connectivity index (χ0n) is 22.4. The summed E-state index contributed by atoms with van der Waals surface area (Å²) < 4.78 is 51.1. The van der Waals surface area contributed by atoms with Gasteiger partial charge in [-0.1, -0.05) is 18.2 Å². The second-order valence-corrected chi connectivity index (χ2v) is 11.6. The Kier molecular flexibility index (Phi) is 6.23. The highest BCUT2D eigenvalue weighted by Gasteiger charge is 2.76. The van der Waals surface area contributed by atoms with Gasteiger partial charge in [0, 0.05) is 27.1 Å². The maximum absolute atomic E-state index is 12.2. The highest BCUT2D eigenvalue weighted by Crippen LogP contribution is 2.58. The summed E-state index contributed by atoms with van der Waals surface area (Å²) in [6.45, 7) is 7.44. The average Bonchev–Trinajstić information content (AvgIpc) is 3.52. The van der Waals surface area contributed by atoms with E-state index < -0.39 is 41.5 Å². The van der Waals surface area contributed by atoms with Crippen molar-refractivity contribution in [3.63, 3.8) is 0 Å². The van der Waals surface area contributed by atoms with Crippen LogP contribution in [0.25, 0.3) is 0 Å². The van der Waals surface area contributed by atoms with Crippen molar-refractivity contribution in [2.75, 3.05) is 14.2 Å². The molecule has 0 bridgehead atoms. The zero-order chi connectivity index (χ0) is 27.1. The number of hydrogen-bond acceptors (Lipinski definition) is 11. The molecule has 11 heteroatoms. The maximum Gasteiger partial charge on any atom is 0.338 e. The van der Waals surface area contributed by atoms with Gasteiger partial charge in [-0.25, -0.2) is 4.79 Å². The molecule has 4 heterocycles. The van der Waals surface area contributed by atoms with E-state index in [0.29, 0.717) is 18.4 Å². The lowest BCUT2D eigenvalue weighted by atomic mass is 10.1. The van der Waals surface area contributed by atoms with Crippen LogP contribution in [0.4, 0.5) is 0 Å². The summed E-state index contributed by atoms with van der Waals surface area (Å²) in [5.74, 6) is -1.67. The second-order valence-electron chi connectivity index (χ2n) is 11.6. The zero-order valence-corrected chi connectivity index (χ0v) is 22.4. The lowest BCUT2D eigenvalue weighted by Crippen LogP contribution is -2.35. The number of carbonyl (C=O) groups excluding carboxylic acids is 1. The van der Waals surface area contributed by atoms with E-state index in [9.17, 15) is 9.90 Å². The predicted molar refractivity (Wildman–Crippen MR) is 128 cm³/mol. The molecule has 2 unspecified atom stereocenters. The van der Waals surface area contributed by atoms with Crippen LogP contribution in [0.1, 0.15) is 50.9 Å². The summed E-state index contributed by atoms with van der Waals surface area (Å²) >= 11 is 0. The molecule has 1 aromatic carbocycles. The van der Waals surface area contributed by atoms with Crippen LogP contribution < -0.4 is 0 Å². The van der Waals surface area contributed by atoms with E-state index >= 15 is 0 Å². The minimum Gasteiger partial charge on any atom is -0.455 e. The summed E-state index contributed by atoms with van der Waals surface area (Å²) in [6, 6.07) is 8.92. The van der Waals surface area contributed by atoms with Gasteiger partial charge in [0.1, 0.15) is 41.7 Å². The second kappa shape index (κ2) is 8.92. The molecule has 2 saturated carbocycles. The van der Waals surface area contributed by atoms with Crippen LogP contribution in [0.5, 0.6) is 0 Å². The molecule has 4 saturated heterocycles. The minimum absolute atomic E-state index is 0.215. The van der Waals surface area contributed by atoms with E-state index in [1.165, 1.54) is 0 Å². The molecule has 6 fully saturated rings. The average molecular weight is 537 g/mol. The van der Waals surface area contributed by atoms with Gasteiger partial charge in [-0.3, -0.25) is 0 Å². The first-order valence-corrected chi connectivity index (χ1v) is 13.0. The van der Waals surface area contributed by atoms with Gasteiger partial charge in [-0.05, 0) is 39.8 Å². The molecule has 11 nitrogen and oxygen atoms in total. The fourth-order valence-corrected chi connectivity index (χ4v) is 6.04. The number of hydrogen-bond donors (Lipinski definition) is 1. The molecule has 0 amide bonds. The Balaban J connectivity index is 0.000000152. The molecule has 2 aliphatic carbocycles. The van der Waals surface area contributed by atoms with Gasteiger partial charge >= 0.3 is 5.97 Å². The predicted octanol–water partition coefficient (Wildman–Crippen LogP) is 1.89. The van der Waals surface area contributed by atoms with E-state index in [-0.39, 0.29) is 36.5 Å².